The molecule has 0 heterocycles. The quantitative estimate of drug-likeness (QED) is 0.652. The molecular weight excluding hydrogens is 209 g/mol. The van der Waals surface area contributed by atoms with Gasteiger partial charge in [0, 0.05) is 18.3 Å². The predicted octanol–water partition coefficient (Wildman–Crippen LogP) is 1.90. The van der Waals surface area contributed by atoms with E-state index in [0.717, 1.165) is 12.2 Å². The van der Waals surface area contributed by atoms with Crippen LogP contribution in [-0.4, -0.2) is 39.6 Å². The van der Waals surface area contributed by atoms with Crippen LogP contribution < -0.4 is 5.32 Å². The number of ether oxygens (including phenoxy) is 2. The lowest BCUT2D eigenvalue weighted by Gasteiger charge is -2.06. The van der Waals surface area contributed by atoms with E-state index in [0.29, 0.717) is 19.8 Å². The number of benzene rings is 1. The molecule has 89 valence electrons. The Labute approximate surface area is 95.6 Å². The molecule has 16 heavy (non-hydrogen) atoms. The monoisotopic (exact) mass is 226 g/mol. The normalized spacial score (nSPS) is 10.3. The van der Waals surface area contributed by atoms with Gasteiger partial charge < -0.3 is 14.8 Å². The molecule has 1 rings (SSSR count). The topological polar surface area (TPSA) is 30.5 Å². The fourth-order valence-corrected chi connectivity index (χ4v) is 1.14. The highest BCUT2D eigenvalue weighted by molar-refractivity contribution is 5.40. The fourth-order valence-electron chi connectivity index (χ4n) is 1.14. The van der Waals surface area contributed by atoms with Crippen LogP contribution in [0.4, 0.5) is 10.1 Å². The maximum absolute atomic E-state index is 11.6. The van der Waals surface area contributed by atoms with E-state index in [4.69, 9.17) is 9.47 Å². The molecule has 1 N–H and O–H groups in total. The van der Waals surface area contributed by atoms with Crippen LogP contribution >= 0.6 is 0 Å². The van der Waals surface area contributed by atoms with Crippen molar-refractivity contribution in [2.75, 3.05) is 45.0 Å². The molecule has 1 aromatic carbocycles. The minimum atomic E-state index is -0.439. The van der Waals surface area contributed by atoms with E-state index in [2.05, 4.69) is 11.4 Å². The lowest BCUT2D eigenvalue weighted by molar-refractivity contribution is 0.0464. The Bertz CT molecular complexity index is 256. The number of hydrogen-bond donors (Lipinski definition) is 1. The van der Waals surface area contributed by atoms with Crippen LogP contribution in [0.25, 0.3) is 0 Å². The Kier molecular flexibility index (Phi) is 7.38. The standard InChI is InChI=1S/C12H17FNO2/c13-6-8-15-10-11-16-9-7-14-12-4-2-1-3-5-12/h1-4,14H,6-11H2. The summed E-state index contributed by atoms with van der Waals surface area (Å²) < 4.78 is 21.8. The highest BCUT2D eigenvalue weighted by Gasteiger charge is 1.91. The molecule has 0 bridgehead atoms. The largest absolute Gasteiger partial charge is 0.382 e. The summed E-state index contributed by atoms with van der Waals surface area (Å²) in [6.45, 7) is 1.99. The van der Waals surface area contributed by atoms with E-state index in [-0.39, 0.29) is 6.61 Å². The second-order valence-corrected chi connectivity index (χ2v) is 3.12. The van der Waals surface area contributed by atoms with E-state index in [1.165, 1.54) is 0 Å². The van der Waals surface area contributed by atoms with Gasteiger partial charge in [-0.25, -0.2) is 4.39 Å². The summed E-state index contributed by atoms with van der Waals surface area (Å²) in [6, 6.07) is 10.7. The number of halogens is 1. The Hall–Kier alpha value is -1.13. The van der Waals surface area contributed by atoms with Crippen molar-refractivity contribution in [3.05, 3.63) is 30.3 Å². The molecule has 0 aliphatic heterocycles. The first-order chi connectivity index (χ1) is 7.93. The van der Waals surface area contributed by atoms with Crippen molar-refractivity contribution < 1.29 is 13.9 Å². The third-order valence-electron chi connectivity index (χ3n) is 1.86. The Morgan fingerprint density at radius 1 is 1.12 bits per heavy atom. The highest BCUT2D eigenvalue weighted by Crippen LogP contribution is 2.02. The second kappa shape index (κ2) is 9.12. The van der Waals surface area contributed by atoms with Gasteiger partial charge in [0.1, 0.15) is 6.67 Å². The summed E-state index contributed by atoms with van der Waals surface area (Å²) in [7, 11) is 0. The number of rotatable bonds is 9. The van der Waals surface area contributed by atoms with Gasteiger partial charge in [-0.15, -0.1) is 0 Å². The average molecular weight is 226 g/mol. The summed E-state index contributed by atoms with van der Waals surface area (Å²) >= 11 is 0. The number of para-hydroxylation sites is 1. The smallest absolute Gasteiger partial charge is 0.113 e. The lowest BCUT2D eigenvalue weighted by atomic mass is 10.3. The molecule has 0 aromatic heterocycles. The Balaban J connectivity index is 1.89. The third-order valence-corrected chi connectivity index (χ3v) is 1.86. The fraction of sp³-hybridized carbons (Fsp3) is 0.500. The maximum Gasteiger partial charge on any atom is 0.113 e. The van der Waals surface area contributed by atoms with Crippen LogP contribution in [0.3, 0.4) is 0 Å². The van der Waals surface area contributed by atoms with Gasteiger partial charge in [-0.3, -0.25) is 0 Å². The van der Waals surface area contributed by atoms with E-state index in [9.17, 15) is 4.39 Å². The van der Waals surface area contributed by atoms with Gasteiger partial charge in [0.2, 0.25) is 0 Å². The Morgan fingerprint density at radius 3 is 2.62 bits per heavy atom. The van der Waals surface area contributed by atoms with Crippen molar-refractivity contribution in [1.82, 2.24) is 0 Å². The van der Waals surface area contributed by atoms with Gasteiger partial charge in [-0.2, -0.15) is 0 Å². The van der Waals surface area contributed by atoms with Crippen molar-refractivity contribution in [2.24, 2.45) is 0 Å². The van der Waals surface area contributed by atoms with Gasteiger partial charge in [0.05, 0.1) is 26.4 Å². The zero-order valence-electron chi connectivity index (χ0n) is 9.25. The highest BCUT2D eigenvalue weighted by atomic mass is 19.1. The lowest BCUT2D eigenvalue weighted by Crippen LogP contribution is -2.12. The summed E-state index contributed by atoms with van der Waals surface area (Å²) in [6.07, 6.45) is 0. The van der Waals surface area contributed by atoms with Crippen molar-refractivity contribution in [3.8, 4) is 0 Å². The van der Waals surface area contributed by atoms with Crippen LogP contribution in [0, 0.1) is 6.07 Å². The molecule has 1 aromatic rings. The van der Waals surface area contributed by atoms with E-state index in [1.807, 2.05) is 24.3 Å². The van der Waals surface area contributed by atoms with Crippen LogP contribution in [0.1, 0.15) is 0 Å². The molecule has 4 heteroatoms. The van der Waals surface area contributed by atoms with Crippen molar-refractivity contribution in [1.29, 1.82) is 0 Å². The number of alkyl halides is 1. The average Bonchev–Trinajstić information content (AvgIpc) is 2.34. The maximum atomic E-state index is 11.6. The second-order valence-electron chi connectivity index (χ2n) is 3.12. The van der Waals surface area contributed by atoms with Gasteiger partial charge in [-0.05, 0) is 6.07 Å². The van der Waals surface area contributed by atoms with Gasteiger partial charge in [0.25, 0.3) is 0 Å². The molecule has 0 amide bonds. The molecule has 0 saturated carbocycles. The molecule has 0 aliphatic carbocycles. The van der Waals surface area contributed by atoms with Crippen LogP contribution in [0.5, 0.6) is 0 Å². The first kappa shape index (κ1) is 12.9. The van der Waals surface area contributed by atoms with Crippen LogP contribution in [0.15, 0.2) is 24.3 Å². The molecule has 0 fully saturated rings. The minimum Gasteiger partial charge on any atom is -0.382 e. The minimum absolute atomic E-state index is 0.153. The molecule has 0 saturated heterocycles. The SMILES string of the molecule is FCCOCCOCCNc1[c]cccc1. The molecule has 0 unspecified atom stereocenters. The van der Waals surface area contributed by atoms with Gasteiger partial charge in [-0.1, -0.05) is 18.2 Å². The van der Waals surface area contributed by atoms with Gasteiger partial charge in [0.15, 0.2) is 0 Å². The van der Waals surface area contributed by atoms with E-state index in [1.54, 1.807) is 0 Å². The summed E-state index contributed by atoms with van der Waals surface area (Å²) in [5.41, 5.74) is 0.958. The molecular formula is C12H17FNO2. The zero-order chi connectivity index (χ0) is 11.5. The number of hydrogen-bond acceptors (Lipinski definition) is 3. The Morgan fingerprint density at radius 2 is 1.94 bits per heavy atom. The van der Waals surface area contributed by atoms with Crippen molar-refractivity contribution in [2.45, 2.75) is 0 Å². The zero-order valence-corrected chi connectivity index (χ0v) is 9.25. The van der Waals surface area contributed by atoms with Crippen LogP contribution in [0.2, 0.25) is 0 Å². The third kappa shape index (κ3) is 6.37. The molecule has 0 aliphatic rings. The van der Waals surface area contributed by atoms with Crippen molar-refractivity contribution in [3.63, 3.8) is 0 Å². The first-order valence-corrected chi connectivity index (χ1v) is 5.35. The summed E-state index contributed by atoms with van der Waals surface area (Å²) in [5, 5.41) is 3.17. The van der Waals surface area contributed by atoms with E-state index < -0.39 is 6.67 Å². The number of nitrogens with one attached hydrogen (secondary N) is 1. The van der Waals surface area contributed by atoms with Crippen LogP contribution in [-0.2, 0) is 9.47 Å². The first-order valence-electron chi connectivity index (χ1n) is 5.35. The molecule has 3 nitrogen and oxygen atoms in total. The van der Waals surface area contributed by atoms with Crippen molar-refractivity contribution >= 4 is 5.69 Å². The molecule has 0 atom stereocenters. The summed E-state index contributed by atoms with van der Waals surface area (Å²) in [4.78, 5) is 0. The number of anilines is 1. The summed E-state index contributed by atoms with van der Waals surface area (Å²) in [5.74, 6) is 0. The molecule has 0 spiro atoms. The predicted molar refractivity (Wildman–Crippen MR) is 61.4 cm³/mol. The van der Waals surface area contributed by atoms with E-state index >= 15 is 0 Å². The molecule has 1 radical (unpaired) electrons. The van der Waals surface area contributed by atoms with Gasteiger partial charge >= 0.3 is 0 Å².